The van der Waals surface area contributed by atoms with E-state index in [1.807, 2.05) is 12.2 Å². The van der Waals surface area contributed by atoms with E-state index in [-0.39, 0.29) is 0 Å². The number of hydrogen-bond donors (Lipinski definition) is 0. The molecule has 0 rings (SSSR count). The van der Waals surface area contributed by atoms with E-state index in [1.165, 1.54) is 96.3 Å². The van der Waals surface area contributed by atoms with Crippen LogP contribution < -0.4 is 0 Å². The first-order chi connectivity index (χ1) is 16.2. The van der Waals surface area contributed by atoms with Gasteiger partial charge in [0.2, 0.25) is 0 Å². The molecule has 0 aromatic heterocycles. The van der Waals surface area contributed by atoms with Gasteiger partial charge in [0.1, 0.15) is 0 Å². The third-order valence-corrected chi connectivity index (χ3v) is 5.78. The Kier molecular flexibility index (Phi) is 25.4. The fourth-order valence-corrected chi connectivity index (χ4v) is 3.74. The molecule has 0 spiro atoms. The van der Waals surface area contributed by atoms with E-state index in [9.17, 15) is 9.59 Å². The van der Waals surface area contributed by atoms with Crippen LogP contribution in [0, 0.1) is 0 Å². The highest BCUT2D eigenvalue weighted by atomic mass is 16.5. The zero-order valence-electron chi connectivity index (χ0n) is 21.8. The van der Waals surface area contributed by atoms with Crippen molar-refractivity contribution in [2.75, 3.05) is 13.2 Å². The van der Waals surface area contributed by atoms with E-state index in [0.717, 1.165) is 31.4 Å². The molecular weight excluding hydrogens is 412 g/mol. The fourth-order valence-electron chi connectivity index (χ4n) is 3.74. The Morgan fingerprint density at radius 1 is 0.515 bits per heavy atom. The molecule has 0 aromatic rings. The van der Waals surface area contributed by atoms with Gasteiger partial charge in [0.25, 0.3) is 0 Å². The van der Waals surface area contributed by atoms with Crippen molar-refractivity contribution in [3.05, 3.63) is 24.3 Å². The van der Waals surface area contributed by atoms with Gasteiger partial charge in [-0.05, 0) is 19.3 Å². The second kappa shape index (κ2) is 26.7. The van der Waals surface area contributed by atoms with Gasteiger partial charge in [0.15, 0.2) is 0 Å². The first kappa shape index (κ1) is 31.4. The van der Waals surface area contributed by atoms with Gasteiger partial charge in [-0.25, -0.2) is 9.59 Å². The van der Waals surface area contributed by atoms with Crippen LogP contribution in [0.4, 0.5) is 0 Å². The van der Waals surface area contributed by atoms with Crippen LogP contribution in [0.2, 0.25) is 0 Å². The molecule has 0 bridgehead atoms. The van der Waals surface area contributed by atoms with Crippen molar-refractivity contribution < 1.29 is 19.1 Å². The lowest BCUT2D eigenvalue weighted by atomic mass is 10.0. The molecule has 33 heavy (non-hydrogen) atoms. The molecule has 0 fully saturated rings. The topological polar surface area (TPSA) is 52.6 Å². The average molecular weight is 465 g/mol. The number of esters is 2. The molecule has 0 amide bonds. The number of ether oxygens (including phenoxy) is 2. The van der Waals surface area contributed by atoms with E-state index in [1.54, 1.807) is 0 Å². The number of unbranched alkanes of at least 4 members (excludes halogenated alkanes) is 16. The van der Waals surface area contributed by atoms with Gasteiger partial charge < -0.3 is 9.47 Å². The predicted molar refractivity (Wildman–Crippen MR) is 139 cm³/mol. The number of rotatable bonds is 24. The van der Waals surface area contributed by atoms with Crippen LogP contribution in [0.15, 0.2) is 24.3 Å². The van der Waals surface area contributed by atoms with E-state index < -0.39 is 11.9 Å². The van der Waals surface area contributed by atoms with E-state index in [4.69, 9.17) is 9.47 Å². The SMILES string of the molecule is CC/C=C\CCOC(=O)/C=C/C(=O)OCCCCCCCCCCCCCCCCCCC. The number of hydrogen-bond acceptors (Lipinski definition) is 4. The van der Waals surface area contributed by atoms with E-state index >= 15 is 0 Å². The van der Waals surface area contributed by atoms with Gasteiger partial charge in [-0.15, -0.1) is 0 Å². The smallest absolute Gasteiger partial charge is 0.331 e. The lowest BCUT2D eigenvalue weighted by molar-refractivity contribution is -0.140. The summed E-state index contributed by atoms with van der Waals surface area (Å²) in [5.41, 5.74) is 0. The third-order valence-electron chi connectivity index (χ3n) is 5.78. The van der Waals surface area contributed by atoms with Gasteiger partial charge in [0, 0.05) is 12.2 Å². The number of carbonyl (C=O) groups is 2. The summed E-state index contributed by atoms with van der Waals surface area (Å²) in [5, 5.41) is 0. The summed E-state index contributed by atoms with van der Waals surface area (Å²) in [6.45, 7) is 5.07. The molecule has 0 unspecified atom stereocenters. The third kappa shape index (κ3) is 26.6. The number of allylic oxidation sites excluding steroid dienone is 1. The Morgan fingerprint density at radius 2 is 0.909 bits per heavy atom. The van der Waals surface area contributed by atoms with Crippen molar-refractivity contribution in [3.8, 4) is 0 Å². The summed E-state index contributed by atoms with van der Waals surface area (Å²) in [6, 6.07) is 0. The molecular formula is C29H52O4. The normalized spacial score (nSPS) is 11.5. The molecule has 0 aliphatic rings. The van der Waals surface area contributed by atoms with Crippen LogP contribution in [0.25, 0.3) is 0 Å². The predicted octanol–water partition coefficient (Wildman–Crippen LogP) is 8.64. The van der Waals surface area contributed by atoms with Gasteiger partial charge in [0.05, 0.1) is 13.2 Å². The Morgan fingerprint density at radius 3 is 1.33 bits per heavy atom. The van der Waals surface area contributed by atoms with Crippen molar-refractivity contribution in [3.63, 3.8) is 0 Å². The summed E-state index contributed by atoms with van der Waals surface area (Å²) < 4.78 is 10.1. The minimum Gasteiger partial charge on any atom is -0.463 e. The van der Waals surface area contributed by atoms with Crippen molar-refractivity contribution in [2.24, 2.45) is 0 Å². The maximum Gasteiger partial charge on any atom is 0.331 e. The van der Waals surface area contributed by atoms with Crippen LogP contribution >= 0.6 is 0 Å². The standard InChI is InChI=1S/C29H52O4/c1-3-5-7-9-10-11-12-13-14-15-16-17-18-19-20-21-23-27-33-29(31)25-24-28(30)32-26-22-8-6-4-2/h6,8,24-25H,3-5,7,9-23,26-27H2,1-2H3/b8-6-,25-24+. The molecule has 4 heteroatoms. The van der Waals surface area contributed by atoms with Crippen molar-refractivity contribution >= 4 is 11.9 Å². The molecule has 0 atom stereocenters. The second-order valence-electron chi connectivity index (χ2n) is 8.99. The summed E-state index contributed by atoms with van der Waals surface area (Å²) in [4.78, 5) is 23.1. The maximum absolute atomic E-state index is 11.6. The highest BCUT2D eigenvalue weighted by molar-refractivity contribution is 5.91. The van der Waals surface area contributed by atoms with Crippen LogP contribution in [0.5, 0.6) is 0 Å². The van der Waals surface area contributed by atoms with Gasteiger partial charge in [-0.3, -0.25) is 0 Å². The maximum atomic E-state index is 11.6. The quantitative estimate of drug-likeness (QED) is 0.0620. The zero-order chi connectivity index (χ0) is 24.2. The van der Waals surface area contributed by atoms with E-state index in [0.29, 0.717) is 19.6 Å². The van der Waals surface area contributed by atoms with Crippen LogP contribution in [0.3, 0.4) is 0 Å². The van der Waals surface area contributed by atoms with Crippen molar-refractivity contribution in [1.82, 2.24) is 0 Å². The molecule has 0 saturated heterocycles. The minimum absolute atomic E-state index is 0.327. The fraction of sp³-hybridized carbons (Fsp3) is 0.793. The Balaban J connectivity index is 3.31. The molecule has 0 aliphatic heterocycles. The highest BCUT2D eigenvalue weighted by Gasteiger charge is 2.01. The van der Waals surface area contributed by atoms with Crippen LogP contribution in [-0.4, -0.2) is 25.2 Å². The first-order valence-corrected chi connectivity index (χ1v) is 13.9. The summed E-state index contributed by atoms with van der Waals surface area (Å²) >= 11 is 0. The molecule has 4 nitrogen and oxygen atoms in total. The molecule has 0 saturated carbocycles. The molecule has 0 heterocycles. The molecule has 0 radical (unpaired) electrons. The Hall–Kier alpha value is -1.58. The van der Waals surface area contributed by atoms with Crippen LogP contribution in [-0.2, 0) is 19.1 Å². The lowest BCUT2D eigenvalue weighted by Crippen LogP contribution is -2.06. The van der Waals surface area contributed by atoms with Crippen LogP contribution in [0.1, 0.15) is 136 Å². The van der Waals surface area contributed by atoms with Crippen molar-refractivity contribution in [1.29, 1.82) is 0 Å². The van der Waals surface area contributed by atoms with Gasteiger partial charge in [-0.2, -0.15) is 0 Å². The highest BCUT2D eigenvalue weighted by Crippen LogP contribution is 2.14. The minimum atomic E-state index is -0.505. The lowest BCUT2D eigenvalue weighted by Gasteiger charge is -2.04. The summed E-state index contributed by atoms with van der Waals surface area (Å²) in [5.74, 6) is -0.982. The number of carbonyl (C=O) groups excluding carboxylic acids is 2. The monoisotopic (exact) mass is 464 g/mol. The van der Waals surface area contributed by atoms with Gasteiger partial charge in [-0.1, -0.05) is 129 Å². The summed E-state index contributed by atoms with van der Waals surface area (Å²) in [6.07, 6.45) is 30.5. The van der Waals surface area contributed by atoms with Gasteiger partial charge >= 0.3 is 11.9 Å². The first-order valence-electron chi connectivity index (χ1n) is 13.9. The zero-order valence-corrected chi connectivity index (χ0v) is 21.8. The molecule has 0 aromatic carbocycles. The summed E-state index contributed by atoms with van der Waals surface area (Å²) in [7, 11) is 0. The molecule has 0 N–H and O–H groups in total. The Bertz CT molecular complexity index is 496. The Labute approximate surface area is 204 Å². The van der Waals surface area contributed by atoms with E-state index in [2.05, 4.69) is 13.8 Å². The molecule has 192 valence electrons. The van der Waals surface area contributed by atoms with Crippen molar-refractivity contribution in [2.45, 2.75) is 136 Å². The average Bonchev–Trinajstić information content (AvgIpc) is 2.81. The largest absolute Gasteiger partial charge is 0.463 e. The second-order valence-corrected chi connectivity index (χ2v) is 8.99. The molecule has 0 aliphatic carbocycles.